The van der Waals surface area contributed by atoms with Crippen molar-refractivity contribution in [1.29, 1.82) is 5.41 Å². The Morgan fingerprint density at radius 2 is 2.29 bits per heavy atom. The number of methoxy groups -OCH3 is 1. The van der Waals surface area contributed by atoms with E-state index in [1.807, 2.05) is 0 Å². The van der Waals surface area contributed by atoms with Crippen LogP contribution in [0.15, 0.2) is 46.6 Å². The van der Waals surface area contributed by atoms with Crippen LogP contribution >= 0.6 is 0 Å². The van der Waals surface area contributed by atoms with Gasteiger partial charge in [-0.25, -0.2) is 9.98 Å². The maximum absolute atomic E-state index is 12.5. The number of carbonyl (C=O) groups is 1. The van der Waals surface area contributed by atoms with Crippen molar-refractivity contribution < 1.29 is 14.6 Å². The predicted molar refractivity (Wildman–Crippen MR) is 107 cm³/mol. The zero-order valence-electron chi connectivity index (χ0n) is 16.0. The number of rotatable bonds is 8. The molecule has 2 heterocycles. The Labute approximate surface area is 163 Å². The second-order valence-electron chi connectivity index (χ2n) is 6.02. The number of nitrogens with zero attached hydrogens (tertiary/aromatic N) is 2. The third kappa shape index (κ3) is 5.30. The Hall–Kier alpha value is -3.40. The number of carbonyl (C=O) groups excluding carboxylic acids is 1. The van der Waals surface area contributed by atoms with Crippen molar-refractivity contribution in [2.24, 2.45) is 10.9 Å². The zero-order valence-corrected chi connectivity index (χ0v) is 16.0. The Morgan fingerprint density at radius 3 is 2.93 bits per heavy atom. The number of nitrogens with one attached hydrogen (secondary N) is 5. The van der Waals surface area contributed by atoms with Crippen LogP contribution in [0.25, 0.3) is 0 Å². The second-order valence-corrected chi connectivity index (χ2v) is 6.02. The summed E-state index contributed by atoms with van der Waals surface area (Å²) >= 11 is 0. The van der Waals surface area contributed by atoms with Crippen molar-refractivity contribution in [3.63, 3.8) is 0 Å². The van der Waals surface area contributed by atoms with E-state index < -0.39 is 5.91 Å². The molecule has 0 aromatic carbocycles. The molecule has 1 aliphatic rings. The van der Waals surface area contributed by atoms with Crippen LogP contribution in [0, 0.1) is 11.3 Å². The highest BCUT2D eigenvalue weighted by Gasteiger charge is 2.19. The molecular formula is C18H25N7O3. The van der Waals surface area contributed by atoms with Gasteiger partial charge in [0.05, 0.1) is 12.7 Å². The summed E-state index contributed by atoms with van der Waals surface area (Å²) in [5, 5.41) is 28.5. The van der Waals surface area contributed by atoms with Crippen molar-refractivity contribution in [2.75, 3.05) is 32.6 Å². The van der Waals surface area contributed by atoms with Crippen molar-refractivity contribution in [1.82, 2.24) is 20.9 Å². The highest BCUT2D eigenvalue weighted by molar-refractivity contribution is 6.13. The Bertz CT molecular complexity index is 817. The molecule has 2 rings (SSSR count). The summed E-state index contributed by atoms with van der Waals surface area (Å²) in [6, 6.07) is 3.54. The van der Waals surface area contributed by atoms with Gasteiger partial charge in [0.1, 0.15) is 23.2 Å². The van der Waals surface area contributed by atoms with Crippen molar-refractivity contribution in [3.05, 3.63) is 41.6 Å². The van der Waals surface area contributed by atoms with Gasteiger partial charge in [-0.05, 0) is 18.1 Å². The van der Waals surface area contributed by atoms with E-state index in [1.54, 1.807) is 38.4 Å². The van der Waals surface area contributed by atoms with E-state index in [2.05, 4.69) is 31.2 Å². The van der Waals surface area contributed by atoms with Gasteiger partial charge in [-0.15, -0.1) is 0 Å². The van der Waals surface area contributed by atoms with Crippen molar-refractivity contribution in [3.8, 4) is 5.88 Å². The molecular weight excluding hydrogens is 362 g/mol. The molecule has 150 valence electrons. The molecule has 1 aliphatic heterocycles. The molecule has 1 amide bonds. The van der Waals surface area contributed by atoms with Gasteiger partial charge < -0.3 is 36.5 Å². The van der Waals surface area contributed by atoms with Gasteiger partial charge >= 0.3 is 0 Å². The lowest BCUT2D eigenvalue weighted by Crippen LogP contribution is -2.35. The quantitative estimate of drug-likeness (QED) is 0.276. The molecule has 1 atom stereocenters. The molecule has 0 fully saturated rings. The number of hydrogen-bond donors (Lipinski definition) is 6. The number of hydrogen-bond acceptors (Lipinski definition) is 9. The first-order chi connectivity index (χ1) is 13.5. The number of pyridine rings is 1. The van der Waals surface area contributed by atoms with Gasteiger partial charge in [0.15, 0.2) is 0 Å². The first-order valence-electron chi connectivity index (χ1n) is 8.67. The van der Waals surface area contributed by atoms with E-state index in [-0.39, 0.29) is 30.5 Å². The summed E-state index contributed by atoms with van der Waals surface area (Å²) in [7, 11) is 3.24. The molecule has 0 saturated carbocycles. The van der Waals surface area contributed by atoms with Gasteiger partial charge in [-0.3, -0.25) is 4.79 Å². The normalized spacial score (nSPS) is 16.0. The number of anilines is 1. The highest BCUT2D eigenvalue weighted by atomic mass is 16.5. The maximum Gasteiger partial charge on any atom is 0.256 e. The first kappa shape index (κ1) is 20.9. The first-order valence-corrected chi connectivity index (χ1v) is 8.67. The molecule has 10 nitrogen and oxygen atoms in total. The number of amidine groups is 1. The lowest BCUT2D eigenvalue weighted by Gasteiger charge is -2.20. The van der Waals surface area contributed by atoms with Gasteiger partial charge in [0.2, 0.25) is 5.88 Å². The number of aromatic nitrogens is 1. The van der Waals surface area contributed by atoms with E-state index in [1.165, 1.54) is 7.11 Å². The lowest BCUT2D eigenvalue weighted by atomic mass is 10.2. The third-order valence-corrected chi connectivity index (χ3v) is 3.83. The fraction of sp³-hybridized carbons (Fsp3) is 0.333. The molecule has 0 bridgehead atoms. The fourth-order valence-electron chi connectivity index (χ4n) is 2.26. The van der Waals surface area contributed by atoms with Crippen LogP contribution in [0.2, 0.25) is 0 Å². The summed E-state index contributed by atoms with van der Waals surface area (Å²) < 4.78 is 5.23. The molecule has 0 aliphatic carbocycles. The van der Waals surface area contributed by atoms with E-state index in [4.69, 9.17) is 15.3 Å². The van der Waals surface area contributed by atoms with Gasteiger partial charge in [-0.2, -0.15) is 0 Å². The highest BCUT2D eigenvalue weighted by Crippen LogP contribution is 2.21. The predicted octanol–water partition coefficient (Wildman–Crippen LogP) is 0.170. The average molecular weight is 387 g/mol. The summed E-state index contributed by atoms with van der Waals surface area (Å²) in [5.74, 6) is 1.08. The van der Waals surface area contributed by atoms with Crippen molar-refractivity contribution in [2.45, 2.75) is 6.92 Å². The standard InChI is InChI=1S/C18H25N7O3/c1-11(10-26)9-22-17(27)12(8-19)16-24-14(20-2)7-15(25-16)23-13-5-4-6-21-18(13)28-3/h4-8,11,19-20,24,26H,9-10H2,1-3H3,(H,22,27)(H,23,25)/b16-12-,19-8?. The molecule has 0 spiro atoms. The van der Waals surface area contributed by atoms with Crippen molar-refractivity contribution >= 4 is 23.6 Å². The average Bonchev–Trinajstić information content (AvgIpc) is 2.72. The molecule has 1 unspecified atom stereocenters. The smallest absolute Gasteiger partial charge is 0.256 e. The minimum atomic E-state index is -0.461. The van der Waals surface area contributed by atoms with Gasteiger partial charge in [-0.1, -0.05) is 6.92 Å². The fourth-order valence-corrected chi connectivity index (χ4v) is 2.26. The lowest BCUT2D eigenvalue weighted by molar-refractivity contribution is -0.117. The van der Waals surface area contributed by atoms with Gasteiger partial charge in [0.25, 0.3) is 5.91 Å². The Morgan fingerprint density at radius 1 is 1.50 bits per heavy atom. The van der Waals surface area contributed by atoms with Crippen LogP contribution in [0.3, 0.4) is 0 Å². The summed E-state index contributed by atoms with van der Waals surface area (Å²) in [6.07, 6.45) is 4.26. The Kier molecular flexibility index (Phi) is 7.52. The topological polar surface area (TPSA) is 144 Å². The zero-order chi connectivity index (χ0) is 20.5. The third-order valence-electron chi connectivity index (χ3n) is 3.83. The van der Waals surface area contributed by atoms with Crippen LogP contribution in [-0.2, 0) is 4.79 Å². The molecule has 1 aromatic heterocycles. The second kappa shape index (κ2) is 10.1. The maximum atomic E-state index is 12.5. The van der Waals surface area contributed by atoms with Gasteiger partial charge in [0, 0.05) is 38.7 Å². The molecule has 10 heteroatoms. The van der Waals surface area contributed by atoms with E-state index >= 15 is 0 Å². The Balaban J connectivity index is 2.32. The molecule has 0 saturated heterocycles. The van der Waals surface area contributed by atoms with Crippen LogP contribution in [0.1, 0.15) is 6.92 Å². The van der Waals surface area contributed by atoms with E-state index in [0.29, 0.717) is 23.2 Å². The number of aliphatic imine (C=N–C) groups is 1. The number of amides is 1. The van der Waals surface area contributed by atoms with Crippen LogP contribution in [-0.4, -0.2) is 55.4 Å². The van der Waals surface area contributed by atoms with Crippen LogP contribution < -0.4 is 26.0 Å². The summed E-state index contributed by atoms with van der Waals surface area (Å²) in [5.41, 5.74) is 0.665. The van der Waals surface area contributed by atoms with E-state index in [0.717, 1.165) is 6.21 Å². The molecule has 6 N–H and O–H groups in total. The van der Waals surface area contributed by atoms with Crippen LogP contribution in [0.4, 0.5) is 5.69 Å². The van der Waals surface area contributed by atoms with Crippen LogP contribution in [0.5, 0.6) is 5.88 Å². The number of ether oxygens (including phenoxy) is 1. The van der Waals surface area contributed by atoms with E-state index in [9.17, 15) is 4.79 Å². The summed E-state index contributed by atoms with van der Waals surface area (Å²) in [4.78, 5) is 21.0. The number of aliphatic hydroxyl groups is 1. The molecule has 28 heavy (non-hydrogen) atoms. The monoisotopic (exact) mass is 387 g/mol. The number of aliphatic hydroxyl groups excluding tert-OH is 1. The minimum absolute atomic E-state index is 0.0408. The largest absolute Gasteiger partial charge is 0.480 e. The SMILES string of the molecule is CNC1=CC(Nc2cccnc2OC)=N/C(=C(/C=N)C(=O)NCC(C)CO)N1. The minimum Gasteiger partial charge on any atom is -0.480 e. The summed E-state index contributed by atoms with van der Waals surface area (Å²) in [6.45, 7) is 2.05. The molecule has 0 radical (unpaired) electrons. The molecule has 1 aromatic rings.